The van der Waals surface area contributed by atoms with Gasteiger partial charge in [0.15, 0.2) is 5.13 Å². The van der Waals surface area contributed by atoms with Crippen molar-refractivity contribution in [1.29, 1.82) is 0 Å². The van der Waals surface area contributed by atoms with Gasteiger partial charge in [0.2, 0.25) is 16.4 Å². The van der Waals surface area contributed by atoms with Crippen LogP contribution < -0.4 is 15.6 Å². The molecule has 2 aliphatic rings. The number of thioether (sulfide) groups is 1. The number of hydrogen-bond donors (Lipinski definition) is 3. The van der Waals surface area contributed by atoms with E-state index >= 15 is 0 Å². The second-order valence-corrected chi connectivity index (χ2v) is 11.3. The fourth-order valence-electron chi connectivity index (χ4n) is 4.46. The Kier molecular flexibility index (Phi) is 8.04. The average Bonchev–Trinajstić information content (AvgIpc) is 3.65. The van der Waals surface area contributed by atoms with Gasteiger partial charge in [-0.2, -0.15) is 13.8 Å². The number of ether oxygens (including phenoxy) is 2. The maximum absolute atomic E-state index is 13.2. The number of imidazole rings is 1. The quantitative estimate of drug-likeness (QED) is 0.0886. The fraction of sp³-hybridized carbons (Fsp3) is 0.409. The Morgan fingerprint density at radius 2 is 2.15 bits per heavy atom. The second-order valence-electron chi connectivity index (χ2n) is 8.46. The number of oxime groups is 1. The van der Waals surface area contributed by atoms with Crippen LogP contribution in [0.2, 0.25) is 0 Å². The van der Waals surface area contributed by atoms with Gasteiger partial charge in [-0.25, -0.2) is 9.36 Å². The number of methoxy groups -OCH3 is 2. The largest absolute Gasteiger partial charge is 0.477 e. The highest BCUT2D eigenvalue weighted by molar-refractivity contribution is 8.00. The third-order valence-electron chi connectivity index (χ3n) is 6.13. The highest BCUT2D eigenvalue weighted by Gasteiger charge is 2.55. The van der Waals surface area contributed by atoms with Gasteiger partial charge in [-0.15, -0.1) is 11.8 Å². The van der Waals surface area contributed by atoms with Crippen molar-refractivity contribution in [2.75, 3.05) is 32.3 Å². The number of hydrogen-bond acceptors (Lipinski definition) is 13. The van der Waals surface area contributed by atoms with E-state index in [2.05, 4.69) is 19.8 Å². The van der Waals surface area contributed by atoms with Gasteiger partial charge in [0.1, 0.15) is 42.7 Å². The SMILES string of the molecule is CCO/N=C(\C(=O)N[C@@H]1C(=O)N2C(C(=O)O)=C(C[n+]3cc4sccn4c3C(OC)OC)CS[C@H]12)c1nsc(N)n1. The summed E-state index contributed by atoms with van der Waals surface area (Å²) in [5.41, 5.74) is 5.82. The standard InChI is InChI=1S/C22H24N8O7S3/c1-4-37-26-12(15-25-22(23)40-27-15)16(31)24-13-18(32)30-14(20(33)34)10(9-39-19(13)30)7-28-8-11-29(5-6-38-11)17(28)21(35-2)36-3/h5-6,8,13,19,21H,4,7,9H2,1-3H3,(H3-,23,24,25,27,31,33,34)/p+1/b26-12-/t13-,19-/m1/s1. The van der Waals surface area contributed by atoms with Crippen LogP contribution in [0.15, 0.2) is 34.2 Å². The topological polar surface area (TPSA) is 187 Å². The lowest BCUT2D eigenvalue weighted by atomic mass is 10.0. The minimum Gasteiger partial charge on any atom is -0.477 e. The lowest BCUT2D eigenvalue weighted by Crippen LogP contribution is -2.71. The van der Waals surface area contributed by atoms with Gasteiger partial charge in [0, 0.05) is 42.5 Å². The van der Waals surface area contributed by atoms with E-state index in [1.165, 1.54) is 42.2 Å². The van der Waals surface area contributed by atoms with E-state index in [9.17, 15) is 19.5 Å². The first-order chi connectivity index (χ1) is 19.3. The van der Waals surface area contributed by atoms with Crippen molar-refractivity contribution >= 4 is 68.1 Å². The van der Waals surface area contributed by atoms with Crippen LogP contribution in [-0.4, -0.2) is 85.3 Å². The normalized spacial score (nSPS) is 19.2. The molecule has 5 heterocycles. The van der Waals surface area contributed by atoms with Crippen molar-refractivity contribution < 1.29 is 38.4 Å². The molecule has 0 radical (unpaired) electrons. The second kappa shape index (κ2) is 11.5. The van der Waals surface area contributed by atoms with Crippen molar-refractivity contribution in [2.45, 2.75) is 31.2 Å². The molecule has 0 bridgehead atoms. The number of nitrogens with zero attached hydrogens (tertiary/aromatic N) is 6. The lowest BCUT2D eigenvalue weighted by Gasteiger charge is -2.49. The van der Waals surface area contributed by atoms with Crippen LogP contribution in [0.4, 0.5) is 5.13 Å². The molecule has 3 aromatic rings. The number of rotatable bonds is 11. The van der Waals surface area contributed by atoms with Gasteiger partial charge < -0.3 is 30.5 Å². The first-order valence-corrected chi connectivity index (χ1v) is 14.5. The summed E-state index contributed by atoms with van der Waals surface area (Å²) in [6.45, 7) is 2.07. The van der Waals surface area contributed by atoms with Gasteiger partial charge in [-0.05, 0) is 6.92 Å². The van der Waals surface area contributed by atoms with Crippen molar-refractivity contribution in [1.82, 2.24) is 24.0 Å². The number of thiazole rings is 1. The molecule has 2 amide bonds. The number of aliphatic carboxylic acids is 1. The Hall–Kier alpha value is -3.58. The van der Waals surface area contributed by atoms with Crippen molar-refractivity contribution in [3.63, 3.8) is 0 Å². The van der Waals surface area contributed by atoms with Crippen LogP contribution in [-0.2, 0) is 35.2 Å². The summed E-state index contributed by atoms with van der Waals surface area (Å²) in [7, 11) is 3.04. The average molecular weight is 610 g/mol. The number of fused-ring (bicyclic) bond motifs is 2. The first kappa shape index (κ1) is 28.0. The molecular weight excluding hydrogens is 584 g/mol. The molecule has 0 saturated carbocycles. The fourth-order valence-corrected chi connectivity index (χ4v) is 7.01. The highest BCUT2D eigenvalue weighted by atomic mass is 32.2. The molecule has 15 nitrogen and oxygen atoms in total. The summed E-state index contributed by atoms with van der Waals surface area (Å²) < 4.78 is 18.7. The van der Waals surface area contributed by atoms with Crippen LogP contribution >= 0.6 is 34.6 Å². The number of amides is 2. The maximum Gasteiger partial charge on any atom is 0.352 e. The van der Waals surface area contributed by atoms with Crippen molar-refractivity contribution in [3.05, 3.63) is 40.7 Å². The van der Waals surface area contributed by atoms with E-state index in [1.54, 1.807) is 6.92 Å². The third kappa shape index (κ3) is 4.92. The predicted molar refractivity (Wildman–Crippen MR) is 144 cm³/mol. The van der Waals surface area contributed by atoms with Gasteiger partial charge in [-0.3, -0.25) is 14.5 Å². The molecule has 1 fully saturated rings. The number of nitrogen functional groups attached to an aromatic ring is 1. The van der Waals surface area contributed by atoms with Gasteiger partial charge in [0.05, 0.1) is 0 Å². The summed E-state index contributed by atoms with van der Waals surface area (Å²) >= 11 is 3.74. The minimum atomic E-state index is -1.24. The summed E-state index contributed by atoms with van der Waals surface area (Å²) in [6.07, 6.45) is 3.06. The molecule has 212 valence electrons. The van der Waals surface area contributed by atoms with E-state index < -0.39 is 35.5 Å². The molecule has 18 heteroatoms. The Balaban J connectivity index is 1.40. The molecule has 0 unspecified atom stereocenters. The molecule has 2 atom stereocenters. The van der Waals surface area contributed by atoms with Crippen molar-refractivity contribution in [3.8, 4) is 0 Å². The zero-order chi connectivity index (χ0) is 28.6. The third-order valence-corrected chi connectivity index (χ3v) is 8.82. The van der Waals surface area contributed by atoms with E-state index in [1.807, 2.05) is 26.7 Å². The van der Waals surface area contributed by atoms with Gasteiger partial charge in [-0.1, -0.05) is 16.5 Å². The summed E-state index contributed by atoms with van der Waals surface area (Å²) in [5.74, 6) is -1.59. The van der Waals surface area contributed by atoms with E-state index in [-0.39, 0.29) is 35.5 Å². The molecule has 3 aromatic heterocycles. The molecule has 5 rings (SSSR count). The number of carbonyl (C=O) groups is 3. The van der Waals surface area contributed by atoms with Crippen LogP contribution in [0.25, 0.3) is 4.83 Å². The summed E-state index contributed by atoms with van der Waals surface area (Å²) in [4.78, 5) is 49.8. The molecule has 4 N–H and O–H groups in total. The molecule has 0 spiro atoms. The number of nitrogens with two attached hydrogens (primary N) is 1. The molecule has 40 heavy (non-hydrogen) atoms. The number of nitrogens with one attached hydrogen (secondary N) is 1. The monoisotopic (exact) mass is 609 g/mol. The minimum absolute atomic E-state index is 0.0347. The number of carbonyl (C=O) groups excluding carboxylic acids is 2. The highest BCUT2D eigenvalue weighted by Crippen LogP contribution is 2.40. The molecule has 1 saturated heterocycles. The zero-order valence-corrected chi connectivity index (χ0v) is 23.9. The number of carboxylic acids is 1. The lowest BCUT2D eigenvalue weighted by molar-refractivity contribution is -0.702. The Bertz CT molecular complexity index is 1530. The molecule has 0 aromatic carbocycles. The summed E-state index contributed by atoms with van der Waals surface area (Å²) in [6, 6.07) is -0.981. The van der Waals surface area contributed by atoms with E-state index in [0.717, 1.165) is 16.4 Å². The van der Waals surface area contributed by atoms with Crippen molar-refractivity contribution in [2.24, 2.45) is 5.16 Å². The number of anilines is 1. The van der Waals surface area contributed by atoms with E-state index in [0.29, 0.717) is 17.2 Å². The summed E-state index contributed by atoms with van der Waals surface area (Å²) in [5, 5.41) is 18.0. The smallest absolute Gasteiger partial charge is 0.352 e. The maximum atomic E-state index is 13.2. The predicted octanol–water partition coefficient (Wildman–Crippen LogP) is 0.193. The Labute approximate surface area is 239 Å². The van der Waals surface area contributed by atoms with Crippen LogP contribution in [0, 0.1) is 0 Å². The van der Waals surface area contributed by atoms with Gasteiger partial charge in [0.25, 0.3) is 18.1 Å². The zero-order valence-electron chi connectivity index (χ0n) is 21.5. The Morgan fingerprint density at radius 1 is 1.38 bits per heavy atom. The number of carboxylic acid groups (broad SMARTS) is 1. The molecular formula is C22H25N8O7S3+. The Morgan fingerprint density at radius 3 is 2.80 bits per heavy atom. The first-order valence-electron chi connectivity index (χ1n) is 11.8. The molecule has 0 aliphatic carbocycles. The molecule has 2 aliphatic heterocycles. The van der Waals surface area contributed by atoms with Crippen LogP contribution in [0.5, 0.6) is 0 Å². The van der Waals surface area contributed by atoms with Gasteiger partial charge >= 0.3 is 11.8 Å². The number of β-lactam (4-membered cyclic amide) rings is 1. The van der Waals surface area contributed by atoms with Crippen LogP contribution in [0.1, 0.15) is 24.9 Å². The van der Waals surface area contributed by atoms with Crippen LogP contribution in [0.3, 0.4) is 0 Å². The van der Waals surface area contributed by atoms with E-state index in [4.69, 9.17) is 20.0 Å². The number of aromatic nitrogens is 4.